The fourth-order valence-corrected chi connectivity index (χ4v) is 3.47. The van der Waals surface area contributed by atoms with Gasteiger partial charge in [-0.3, -0.25) is 9.78 Å². The molecule has 1 aliphatic rings. The van der Waals surface area contributed by atoms with Gasteiger partial charge in [-0.15, -0.1) is 0 Å². The molecule has 0 bridgehead atoms. The van der Waals surface area contributed by atoms with Crippen LogP contribution in [0.5, 0.6) is 0 Å². The Kier molecular flexibility index (Phi) is 4.36. The van der Waals surface area contributed by atoms with E-state index in [9.17, 15) is 4.79 Å². The van der Waals surface area contributed by atoms with E-state index >= 15 is 0 Å². The average molecular weight is 398 g/mol. The van der Waals surface area contributed by atoms with Crippen LogP contribution in [0.15, 0.2) is 64.0 Å². The lowest BCUT2D eigenvalue weighted by Crippen LogP contribution is -2.28. The van der Waals surface area contributed by atoms with Crippen molar-refractivity contribution in [3.05, 3.63) is 70.6 Å². The van der Waals surface area contributed by atoms with E-state index in [1.807, 2.05) is 41.4 Å². The number of likely N-dealkylation sites (tertiary alicyclic amines) is 1. The number of halogens is 1. The van der Waals surface area contributed by atoms with E-state index in [1.54, 1.807) is 6.20 Å². The lowest BCUT2D eigenvalue weighted by atomic mass is 10.0. The van der Waals surface area contributed by atoms with Gasteiger partial charge in [0.2, 0.25) is 0 Å². The molecule has 0 spiro atoms. The molecule has 0 radical (unpaired) electrons. The van der Waals surface area contributed by atoms with Crippen molar-refractivity contribution in [1.82, 2.24) is 15.0 Å². The number of carbonyl (C=O) groups excluding carboxylic acids is 1. The molecule has 0 N–H and O–H groups in total. The number of hydrogen-bond donors (Lipinski definition) is 0. The molecule has 126 valence electrons. The molecular formula is C19H16BrN3O2. The summed E-state index contributed by atoms with van der Waals surface area (Å²) in [4.78, 5) is 19.0. The highest BCUT2D eigenvalue weighted by atomic mass is 79.9. The summed E-state index contributed by atoms with van der Waals surface area (Å²) < 4.78 is 6.33. The first-order valence-electron chi connectivity index (χ1n) is 8.12. The molecule has 0 saturated carbocycles. The van der Waals surface area contributed by atoms with Crippen LogP contribution in [0, 0.1) is 0 Å². The van der Waals surface area contributed by atoms with Gasteiger partial charge in [0, 0.05) is 41.4 Å². The van der Waals surface area contributed by atoms with Crippen molar-refractivity contribution in [2.24, 2.45) is 0 Å². The van der Waals surface area contributed by atoms with E-state index in [1.165, 1.54) is 11.8 Å². The molecule has 3 aromatic rings. The minimum atomic E-state index is -0.0365. The Bertz CT molecular complexity index is 877. The highest BCUT2D eigenvalue weighted by molar-refractivity contribution is 9.10. The number of rotatable bonds is 3. The summed E-state index contributed by atoms with van der Waals surface area (Å²) in [6.45, 7) is 1.42. The van der Waals surface area contributed by atoms with E-state index in [0.29, 0.717) is 23.8 Å². The van der Waals surface area contributed by atoms with Crippen molar-refractivity contribution in [1.29, 1.82) is 0 Å². The third kappa shape index (κ3) is 3.22. The third-order valence-electron chi connectivity index (χ3n) is 4.54. The van der Waals surface area contributed by atoms with E-state index in [0.717, 1.165) is 23.0 Å². The predicted molar refractivity (Wildman–Crippen MR) is 97.1 cm³/mol. The van der Waals surface area contributed by atoms with Crippen LogP contribution in [-0.2, 0) is 0 Å². The van der Waals surface area contributed by atoms with Crippen molar-refractivity contribution >= 4 is 21.8 Å². The summed E-state index contributed by atoms with van der Waals surface area (Å²) in [6, 6.07) is 11.7. The van der Waals surface area contributed by atoms with Crippen LogP contribution in [0.3, 0.4) is 0 Å². The highest BCUT2D eigenvalue weighted by Crippen LogP contribution is 2.30. The molecule has 3 heterocycles. The van der Waals surface area contributed by atoms with Crippen LogP contribution in [-0.4, -0.2) is 34.0 Å². The van der Waals surface area contributed by atoms with Gasteiger partial charge in [0.1, 0.15) is 5.56 Å². The summed E-state index contributed by atoms with van der Waals surface area (Å²) in [5.41, 5.74) is 2.53. The molecule has 0 aliphatic carbocycles. The molecule has 6 heteroatoms. The Morgan fingerprint density at radius 1 is 1.20 bits per heavy atom. The maximum atomic E-state index is 12.9. The number of aromatic nitrogens is 2. The average Bonchev–Trinajstić information content (AvgIpc) is 3.32. The van der Waals surface area contributed by atoms with Gasteiger partial charge in [-0.1, -0.05) is 27.2 Å². The summed E-state index contributed by atoms with van der Waals surface area (Å²) in [5, 5.41) is 3.85. The van der Waals surface area contributed by atoms with E-state index in [4.69, 9.17) is 4.52 Å². The van der Waals surface area contributed by atoms with Gasteiger partial charge >= 0.3 is 0 Å². The first-order chi connectivity index (χ1) is 12.2. The predicted octanol–water partition coefficient (Wildman–Crippen LogP) is 4.13. The molecule has 1 fully saturated rings. The number of hydrogen-bond acceptors (Lipinski definition) is 4. The second kappa shape index (κ2) is 6.80. The standard InChI is InChI=1S/C19H16BrN3O2/c20-16-5-3-13(4-6-16)18-17(11-22-25-18)19(24)23-9-7-15(12-23)14-2-1-8-21-10-14/h1-6,8,10-11,15H,7,9,12H2. The van der Waals surface area contributed by atoms with Gasteiger partial charge in [-0.05, 0) is 42.3 Å². The van der Waals surface area contributed by atoms with E-state index in [2.05, 4.69) is 32.1 Å². The molecule has 1 amide bonds. The monoisotopic (exact) mass is 397 g/mol. The Balaban J connectivity index is 1.55. The molecule has 1 aliphatic heterocycles. The van der Waals surface area contributed by atoms with Crippen molar-refractivity contribution in [2.45, 2.75) is 12.3 Å². The minimum Gasteiger partial charge on any atom is -0.355 e. The molecular weight excluding hydrogens is 382 g/mol. The van der Waals surface area contributed by atoms with Crippen molar-refractivity contribution in [2.75, 3.05) is 13.1 Å². The highest BCUT2D eigenvalue weighted by Gasteiger charge is 2.30. The number of nitrogens with zero attached hydrogens (tertiary/aromatic N) is 3. The van der Waals surface area contributed by atoms with Gasteiger partial charge in [0.25, 0.3) is 5.91 Å². The Morgan fingerprint density at radius 3 is 2.80 bits per heavy atom. The maximum absolute atomic E-state index is 12.9. The van der Waals surface area contributed by atoms with Crippen LogP contribution in [0.4, 0.5) is 0 Å². The van der Waals surface area contributed by atoms with Crippen molar-refractivity contribution in [3.8, 4) is 11.3 Å². The van der Waals surface area contributed by atoms with Crippen molar-refractivity contribution in [3.63, 3.8) is 0 Å². The Morgan fingerprint density at radius 2 is 2.04 bits per heavy atom. The zero-order chi connectivity index (χ0) is 17.2. The largest absolute Gasteiger partial charge is 0.355 e. The van der Waals surface area contributed by atoms with Crippen molar-refractivity contribution < 1.29 is 9.32 Å². The fourth-order valence-electron chi connectivity index (χ4n) is 3.21. The normalized spacial score (nSPS) is 17.0. The lowest BCUT2D eigenvalue weighted by Gasteiger charge is -2.16. The van der Waals surface area contributed by atoms with Crippen LogP contribution < -0.4 is 0 Å². The smallest absolute Gasteiger partial charge is 0.259 e. The van der Waals surface area contributed by atoms with Gasteiger partial charge in [0.15, 0.2) is 5.76 Å². The Labute approximate surface area is 153 Å². The second-order valence-corrected chi connectivity index (χ2v) is 7.01. The zero-order valence-corrected chi connectivity index (χ0v) is 15.0. The molecule has 1 saturated heterocycles. The number of pyridine rings is 1. The second-order valence-electron chi connectivity index (χ2n) is 6.10. The fraction of sp³-hybridized carbons (Fsp3) is 0.211. The lowest BCUT2D eigenvalue weighted by molar-refractivity contribution is 0.0791. The van der Waals surface area contributed by atoms with Crippen LogP contribution in [0.1, 0.15) is 28.3 Å². The molecule has 25 heavy (non-hydrogen) atoms. The van der Waals surface area contributed by atoms with E-state index in [-0.39, 0.29) is 5.91 Å². The first-order valence-corrected chi connectivity index (χ1v) is 8.91. The SMILES string of the molecule is O=C(c1cnoc1-c1ccc(Br)cc1)N1CCC(c2cccnc2)C1. The minimum absolute atomic E-state index is 0.0365. The molecule has 1 aromatic carbocycles. The maximum Gasteiger partial charge on any atom is 0.259 e. The summed E-state index contributed by atoms with van der Waals surface area (Å²) >= 11 is 3.41. The van der Waals surface area contributed by atoms with Gasteiger partial charge in [-0.2, -0.15) is 0 Å². The summed E-state index contributed by atoms with van der Waals surface area (Å²) in [5.74, 6) is 0.807. The summed E-state index contributed by atoms with van der Waals surface area (Å²) in [6.07, 6.45) is 6.10. The van der Waals surface area contributed by atoms with Crippen LogP contribution >= 0.6 is 15.9 Å². The number of benzene rings is 1. The van der Waals surface area contributed by atoms with E-state index < -0.39 is 0 Å². The number of amides is 1. The molecule has 4 rings (SSSR count). The van der Waals surface area contributed by atoms with Crippen LogP contribution in [0.2, 0.25) is 0 Å². The molecule has 1 unspecified atom stereocenters. The number of carbonyl (C=O) groups is 1. The summed E-state index contributed by atoms with van der Waals surface area (Å²) in [7, 11) is 0. The van der Waals surface area contributed by atoms with Crippen LogP contribution in [0.25, 0.3) is 11.3 Å². The molecule has 5 nitrogen and oxygen atoms in total. The molecule has 2 aromatic heterocycles. The third-order valence-corrected chi connectivity index (χ3v) is 5.07. The Hall–Kier alpha value is -2.47. The topological polar surface area (TPSA) is 59.2 Å². The van der Waals surface area contributed by atoms with Gasteiger partial charge in [0.05, 0.1) is 6.20 Å². The molecule has 1 atom stereocenters. The zero-order valence-electron chi connectivity index (χ0n) is 13.4. The quantitative estimate of drug-likeness (QED) is 0.666. The first kappa shape index (κ1) is 16.0. The van der Waals surface area contributed by atoms with Gasteiger partial charge in [-0.25, -0.2) is 0 Å². The van der Waals surface area contributed by atoms with Gasteiger partial charge < -0.3 is 9.42 Å².